The zero-order chi connectivity index (χ0) is 52.7. The minimum Gasteiger partial charge on any atom is -0.756 e. The molecule has 0 saturated carbocycles. The number of aliphatic hydroxyl groups excluding tert-OH is 1. The van der Waals surface area contributed by atoms with Crippen molar-refractivity contribution in [3.63, 3.8) is 0 Å². The molecule has 0 fully saturated rings. The van der Waals surface area contributed by atoms with Crippen LogP contribution in [-0.4, -0.2) is 68.5 Å². The van der Waals surface area contributed by atoms with Crippen molar-refractivity contribution in [3.05, 3.63) is 60.8 Å². The van der Waals surface area contributed by atoms with E-state index in [1.807, 2.05) is 27.2 Å². The normalized spacial score (nSPS) is 14.3. The lowest BCUT2D eigenvalue weighted by Gasteiger charge is -2.29. The topological polar surface area (TPSA) is 108 Å². The number of aliphatic hydroxyl groups is 1. The molecule has 2 N–H and O–H groups in total. The molecule has 0 rings (SSSR count). The summed E-state index contributed by atoms with van der Waals surface area (Å²) in [4.78, 5) is 25.5. The number of nitrogens with one attached hydrogen (secondary N) is 1. The highest BCUT2D eigenvalue weighted by atomic mass is 31.2. The molecule has 0 bridgehead atoms. The third kappa shape index (κ3) is 55.9. The number of quaternary nitrogens is 1. The van der Waals surface area contributed by atoms with Crippen molar-refractivity contribution in [1.82, 2.24) is 5.32 Å². The van der Waals surface area contributed by atoms with E-state index in [0.29, 0.717) is 17.4 Å². The highest BCUT2D eigenvalue weighted by Crippen LogP contribution is 2.38. The molecule has 0 aromatic rings. The molecule has 0 aliphatic rings. The van der Waals surface area contributed by atoms with Gasteiger partial charge in [0.1, 0.15) is 13.2 Å². The molecule has 0 radical (unpaired) electrons. The van der Waals surface area contributed by atoms with E-state index >= 15 is 0 Å². The van der Waals surface area contributed by atoms with E-state index in [2.05, 4.69) is 67.8 Å². The highest BCUT2D eigenvalue weighted by Gasteiger charge is 2.23. The van der Waals surface area contributed by atoms with Crippen LogP contribution in [0.2, 0.25) is 0 Å². The van der Waals surface area contributed by atoms with Gasteiger partial charge in [-0.25, -0.2) is 0 Å². The van der Waals surface area contributed by atoms with E-state index in [1.165, 1.54) is 212 Å². The largest absolute Gasteiger partial charge is 0.756 e. The number of carbonyl (C=O) groups excluding carboxylic acids is 1. The summed E-state index contributed by atoms with van der Waals surface area (Å²) >= 11 is 0. The van der Waals surface area contributed by atoms with Crippen molar-refractivity contribution < 1.29 is 32.9 Å². The molecule has 9 heteroatoms. The number of unbranched alkanes of at least 4 members (excludes halogenated alkanes) is 35. The maximum atomic E-state index is 13.0. The fourth-order valence-electron chi connectivity index (χ4n) is 8.88. The summed E-state index contributed by atoms with van der Waals surface area (Å²) in [6, 6.07) is -0.909. The SMILES string of the molecule is CCCCCCC/C=C\C/C=C\C/C=C\CCCCCCCCCCCCC(=O)NC(COP(=O)([O-])OCC[N+](C)(C)C)C(O)/C=C/CC/C=C/CCCCCCCCCCCCCCCCCCCCC. The number of rotatable bonds is 56. The lowest BCUT2D eigenvalue weighted by atomic mass is 10.0. The van der Waals surface area contributed by atoms with Gasteiger partial charge in [0, 0.05) is 6.42 Å². The first kappa shape index (κ1) is 70.2. The molecule has 72 heavy (non-hydrogen) atoms. The molecule has 422 valence electrons. The summed E-state index contributed by atoms with van der Waals surface area (Å²) in [6.45, 7) is 4.64. The second-order valence-electron chi connectivity index (χ2n) is 22.0. The van der Waals surface area contributed by atoms with Gasteiger partial charge in [-0.15, -0.1) is 0 Å². The second kappa shape index (κ2) is 54.0. The molecule has 0 aliphatic heterocycles. The maximum absolute atomic E-state index is 13.0. The van der Waals surface area contributed by atoms with Crippen LogP contribution in [0.1, 0.15) is 284 Å². The highest BCUT2D eigenvalue weighted by molar-refractivity contribution is 7.45. The predicted molar refractivity (Wildman–Crippen MR) is 311 cm³/mol. The molecular weight excluding hydrogens is 912 g/mol. The lowest BCUT2D eigenvalue weighted by Crippen LogP contribution is -2.45. The van der Waals surface area contributed by atoms with Crippen LogP contribution in [0.3, 0.4) is 0 Å². The second-order valence-corrected chi connectivity index (χ2v) is 23.5. The fraction of sp³-hybridized carbons (Fsp3) is 0.825. The number of nitrogens with zero attached hydrogens (tertiary/aromatic N) is 1. The molecule has 3 atom stereocenters. The van der Waals surface area contributed by atoms with Gasteiger partial charge in [-0.05, 0) is 70.6 Å². The summed E-state index contributed by atoms with van der Waals surface area (Å²) in [5, 5.41) is 13.9. The number of allylic oxidation sites excluding steroid dienone is 9. The Balaban J connectivity index is 4.23. The average Bonchev–Trinajstić information content (AvgIpc) is 3.34. The van der Waals surface area contributed by atoms with Crippen LogP contribution in [0.25, 0.3) is 0 Å². The van der Waals surface area contributed by atoms with Crippen molar-refractivity contribution in [1.29, 1.82) is 0 Å². The van der Waals surface area contributed by atoms with Gasteiger partial charge >= 0.3 is 0 Å². The quantitative estimate of drug-likeness (QED) is 0.0272. The Labute approximate surface area is 447 Å². The number of carbonyl (C=O) groups is 1. The lowest BCUT2D eigenvalue weighted by molar-refractivity contribution is -0.870. The first-order valence-corrected chi connectivity index (χ1v) is 32.1. The Bertz CT molecular complexity index is 1360. The van der Waals surface area contributed by atoms with Crippen molar-refractivity contribution in [2.45, 2.75) is 296 Å². The maximum Gasteiger partial charge on any atom is 0.268 e. The molecule has 0 heterocycles. The Hall–Kier alpha value is -1.80. The minimum absolute atomic E-state index is 0.00870. The molecule has 0 aromatic heterocycles. The van der Waals surface area contributed by atoms with Gasteiger partial charge in [0.05, 0.1) is 39.9 Å². The summed E-state index contributed by atoms with van der Waals surface area (Å²) < 4.78 is 23.4. The third-order valence-corrected chi connectivity index (χ3v) is 14.7. The van der Waals surface area contributed by atoms with Gasteiger partial charge in [-0.3, -0.25) is 9.36 Å². The molecule has 0 aromatic carbocycles. The van der Waals surface area contributed by atoms with E-state index in [0.717, 1.165) is 51.4 Å². The van der Waals surface area contributed by atoms with Crippen LogP contribution in [0.5, 0.6) is 0 Å². The van der Waals surface area contributed by atoms with Crippen molar-refractivity contribution >= 4 is 13.7 Å². The van der Waals surface area contributed by atoms with Gasteiger partial charge in [0.2, 0.25) is 5.91 Å². The summed E-state index contributed by atoms with van der Waals surface area (Å²) in [5.41, 5.74) is 0. The number of phosphoric ester groups is 1. The van der Waals surface area contributed by atoms with Gasteiger partial charge in [0.25, 0.3) is 7.82 Å². The van der Waals surface area contributed by atoms with Crippen LogP contribution in [-0.2, 0) is 18.4 Å². The van der Waals surface area contributed by atoms with Crippen LogP contribution in [0, 0.1) is 0 Å². The Morgan fingerprint density at radius 3 is 1.22 bits per heavy atom. The van der Waals surface area contributed by atoms with E-state index in [1.54, 1.807) is 6.08 Å². The van der Waals surface area contributed by atoms with E-state index < -0.39 is 26.6 Å². The average molecular weight is 1030 g/mol. The molecule has 3 unspecified atom stereocenters. The van der Waals surface area contributed by atoms with Crippen molar-refractivity contribution in [3.8, 4) is 0 Å². The Kier molecular flexibility index (Phi) is 52.7. The monoisotopic (exact) mass is 1030 g/mol. The first-order valence-electron chi connectivity index (χ1n) is 30.7. The van der Waals surface area contributed by atoms with Crippen molar-refractivity contribution in [2.75, 3.05) is 40.9 Å². The molecule has 1 amide bonds. The molecule has 8 nitrogen and oxygen atoms in total. The zero-order valence-electron chi connectivity index (χ0n) is 48.1. The summed E-state index contributed by atoms with van der Waals surface area (Å²) in [5.74, 6) is -0.210. The molecule has 0 saturated heterocycles. The third-order valence-electron chi connectivity index (χ3n) is 13.7. The number of amides is 1. The standard InChI is InChI=1S/C63H119N2O6P/c1-6-8-10-12-14-16-18-20-22-24-26-28-30-32-34-36-38-40-42-44-46-48-50-52-54-56-62(66)61(60-71-72(68,69)70-59-58-65(3,4)5)64-63(67)57-55-53-51-49-47-45-43-41-39-37-35-33-31-29-27-25-23-21-19-17-15-13-11-9-7-2/h19,21,25,27,31,33,46,48,54,56,61-62,66H,6-18,20,22-24,26,28-30,32,34-45,47,49-53,55,57-60H2,1-5H3,(H-,64,67,68,69)/b21-19-,27-25-,33-31-,48-46+,56-54+. The number of hydrogen-bond donors (Lipinski definition) is 2. The van der Waals surface area contributed by atoms with Gasteiger partial charge in [0.15, 0.2) is 0 Å². The van der Waals surface area contributed by atoms with Gasteiger partial charge < -0.3 is 28.8 Å². The van der Waals surface area contributed by atoms with Crippen LogP contribution in [0.15, 0.2) is 60.8 Å². The zero-order valence-corrected chi connectivity index (χ0v) is 49.0. The van der Waals surface area contributed by atoms with Crippen LogP contribution >= 0.6 is 7.82 Å². The van der Waals surface area contributed by atoms with Crippen LogP contribution < -0.4 is 10.2 Å². The Morgan fingerprint density at radius 1 is 0.486 bits per heavy atom. The van der Waals surface area contributed by atoms with E-state index in [4.69, 9.17) is 9.05 Å². The first-order chi connectivity index (χ1) is 35.0. The minimum atomic E-state index is -4.61. The van der Waals surface area contributed by atoms with Gasteiger partial charge in [-0.2, -0.15) is 0 Å². The number of likely N-dealkylation sites (N-methyl/N-ethyl adjacent to an activating group) is 1. The molecular formula is C63H119N2O6P. The fourth-order valence-corrected chi connectivity index (χ4v) is 9.61. The van der Waals surface area contributed by atoms with E-state index in [9.17, 15) is 19.4 Å². The van der Waals surface area contributed by atoms with Crippen LogP contribution in [0.4, 0.5) is 0 Å². The molecule has 0 spiro atoms. The Morgan fingerprint density at radius 2 is 0.819 bits per heavy atom. The predicted octanol–water partition coefficient (Wildman–Crippen LogP) is 18.2. The molecule has 0 aliphatic carbocycles. The summed E-state index contributed by atoms with van der Waals surface area (Å²) in [6.07, 6.45) is 73.1. The number of hydrogen-bond acceptors (Lipinski definition) is 6. The summed E-state index contributed by atoms with van der Waals surface area (Å²) in [7, 11) is 1.24. The van der Waals surface area contributed by atoms with Crippen molar-refractivity contribution in [2.24, 2.45) is 0 Å². The number of phosphoric acid groups is 1. The van der Waals surface area contributed by atoms with E-state index in [-0.39, 0.29) is 12.5 Å². The van der Waals surface area contributed by atoms with Gasteiger partial charge in [-0.1, -0.05) is 267 Å². The smallest absolute Gasteiger partial charge is 0.268 e.